The van der Waals surface area contributed by atoms with Crippen molar-refractivity contribution in [1.82, 2.24) is 0 Å². The molecular formula is C48H33NO. The molecule has 0 aliphatic heterocycles. The van der Waals surface area contributed by atoms with Gasteiger partial charge in [0, 0.05) is 33.0 Å². The van der Waals surface area contributed by atoms with E-state index in [1.54, 1.807) is 0 Å². The first-order valence-electron chi connectivity index (χ1n) is 17.4. The summed E-state index contributed by atoms with van der Waals surface area (Å²) in [6, 6.07) is 59.1. The van der Waals surface area contributed by atoms with Gasteiger partial charge in [0.05, 0.1) is 11.4 Å². The molecule has 0 amide bonds. The van der Waals surface area contributed by atoms with E-state index in [9.17, 15) is 0 Å². The van der Waals surface area contributed by atoms with Crippen molar-refractivity contribution in [2.45, 2.75) is 12.8 Å². The molecule has 10 rings (SSSR count). The van der Waals surface area contributed by atoms with Crippen molar-refractivity contribution < 1.29 is 4.42 Å². The van der Waals surface area contributed by atoms with Crippen molar-refractivity contribution in [3.8, 4) is 22.3 Å². The number of rotatable bonds is 5. The lowest BCUT2D eigenvalue weighted by molar-refractivity contribution is 0.661. The second-order valence-electron chi connectivity index (χ2n) is 13.2. The van der Waals surface area contributed by atoms with E-state index >= 15 is 0 Å². The van der Waals surface area contributed by atoms with E-state index < -0.39 is 0 Å². The molecule has 1 aliphatic carbocycles. The van der Waals surface area contributed by atoms with Crippen LogP contribution in [0, 0.1) is 0 Å². The first-order valence-corrected chi connectivity index (χ1v) is 17.4. The summed E-state index contributed by atoms with van der Waals surface area (Å²) in [5.74, 6) is 0. The molecule has 8 aromatic carbocycles. The maximum Gasteiger partial charge on any atom is 0.139 e. The molecular weight excluding hydrogens is 607 g/mol. The van der Waals surface area contributed by atoms with E-state index in [2.05, 4.69) is 181 Å². The van der Waals surface area contributed by atoms with Gasteiger partial charge in [-0.15, -0.1) is 0 Å². The van der Waals surface area contributed by atoms with Gasteiger partial charge in [-0.2, -0.15) is 0 Å². The summed E-state index contributed by atoms with van der Waals surface area (Å²) in [5, 5.41) is 7.21. The molecule has 0 N–H and O–H groups in total. The number of benzene rings is 8. The normalized spacial score (nSPS) is 12.6. The van der Waals surface area contributed by atoms with Crippen molar-refractivity contribution in [1.29, 1.82) is 0 Å². The van der Waals surface area contributed by atoms with Gasteiger partial charge in [0.15, 0.2) is 0 Å². The summed E-state index contributed by atoms with van der Waals surface area (Å²) in [7, 11) is 0. The predicted molar refractivity (Wildman–Crippen MR) is 212 cm³/mol. The fourth-order valence-corrected chi connectivity index (χ4v) is 8.02. The third kappa shape index (κ3) is 4.57. The lowest BCUT2D eigenvalue weighted by Gasteiger charge is -2.30. The van der Waals surface area contributed by atoms with Crippen molar-refractivity contribution in [3.63, 3.8) is 0 Å². The highest BCUT2D eigenvalue weighted by Gasteiger charge is 2.26. The number of hydrogen-bond donors (Lipinski definition) is 0. The van der Waals surface area contributed by atoms with Gasteiger partial charge in [-0.1, -0.05) is 146 Å². The Morgan fingerprint density at radius 3 is 2.06 bits per heavy atom. The lowest BCUT2D eigenvalue weighted by atomic mass is 9.90. The Balaban J connectivity index is 1.30. The highest BCUT2D eigenvalue weighted by atomic mass is 16.3. The Morgan fingerprint density at radius 1 is 0.500 bits per heavy atom. The average Bonchev–Trinajstić information content (AvgIpc) is 3.58. The number of nitrogens with zero attached hydrogens (tertiary/aromatic N) is 1. The van der Waals surface area contributed by atoms with Gasteiger partial charge in [0.1, 0.15) is 11.2 Å². The molecule has 0 atom stereocenters. The van der Waals surface area contributed by atoms with Crippen molar-refractivity contribution in [3.05, 3.63) is 181 Å². The number of aryl methyl sites for hydroxylation is 1. The Hall–Kier alpha value is -6.38. The first kappa shape index (κ1) is 28.6. The van der Waals surface area contributed by atoms with Crippen LogP contribution in [0.3, 0.4) is 0 Å². The van der Waals surface area contributed by atoms with Crippen molar-refractivity contribution in [2.24, 2.45) is 0 Å². The minimum Gasteiger partial charge on any atom is -0.456 e. The van der Waals surface area contributed by atoms with Crippen LogP contribution >= 0.6 is 0 Å². The zero-order chi connectivity index (χ0) is 33.0. The van der Waals surface area contributed by atoms with Gasteiger partial charge < -0.3 is 9.32 Å². The molecule has 0 bridgehead atoms. The third-order valence-corrected chi connectivity index (χ3v) is 10.3. The SMILES string of the molecule is C1=Cc2c(N(c3cccc(-c4ccccc4)c3)c3cccc4ccccc34)cc3c(oc4cccc(-c5cccc6ccccc56)c43)c2CC1. The fraction of sp³-hybridized carbons (Fsp3) is 0.0417. The monoisotopic (exact) mass is 639 g/mol. The van der Waals surface area contributed by atoms with Crippen molar-refractivity contribution >= 4 is 66.6 Å². The van der Waals surface area contributed by atoms with E-state index in [1.165, 1.54) is 54.9 Å². The van der Waals surface area contributed by atoms with E-state index in [4.69, 9.17) is 4.42 Å². The van der Waals surface area contributed by atoms with Gasteiger partial charge >= 0.3 is 0 Å². The highest BCUT2D eigenvalue weighted by molar-refractivity contribution is 6.18. The van der Waals surface area contributed by atoms with Gasteiger partial charge in [-0.25, -0.2) is 0 Å². The number of fused-ring (bicyclic) bond motifs is 7. The van der Waals surface area contributed by atoms with Crippen LogP contribution in [-0.4, -0.2) is 0 Å². The Kier molecular flexibility index (Phi) is 6.67. The van der Waals surface area contributed by atoms with Gasteiger partial charge in [0.2, 0.25) is 0 Å². The van der Waals surface area contributed by atoms with Crippen LogP contribution in [0.4, 0.5) is 17.1 Å². The smallest absolute Gasteiger partial charge is 0.139 e. The number of anilines is 3. The number of furan rings is 1. The van der Waals surface area contributed by atoms with Crippen LogP contribution in [0.15, 0.2) is 174 Å². The summed E-state index contributed by atoms with van der Waals surface area (Å²) in [6.07, 6.45) is 6.53. The lowest BCUT2D eigenvalue weighted by Crippen LogP contribution is -2.14. The topological polar surface area (TPSA) is 16.4 Å². The van der Waals surface area contributed by atoms with Crippen LogP contribution in [-0.2, 0) is 6.42 Å². The quantitative estimate of drug-likeness (QED) is 0.186. The minimum atomic E-state index is 0.919. The molecule has 0 fully saturated rings. The van der Waals surface area contributed by atoms with Gasteiger partial charge in [0.25, 0.3) is 0 Å². The summed E-state index contributed by atoms with van der Waals surface area (Å²) in [5.41, 5.74) is 12.6. The maximum absolute atomic E-state index is 6.87. The number of allylic oxidation sites excluding steroid dienone is 1. The summed E-state index contributed by atoms with van der Waals surface area (Å²) >= 11 is 0. The number of hydrogen-bond acceptors (Lipinski definition) is 2. The van der Waals surface area contributed by atoms with Crippen LogP contribution in [0.1, 0.15) is 17.5 Å². The van der Waals surface area contributed by atoms with Crippen LogP contribution in [0.2, 0.25) is 0 Å². The minimum absolute atomic E-state index is 0.919. The third-order valence-electron chi connectivity index (χ3n) is 10.3. The van der Waals surface area contributed by atoms with E-state index in [0.717, 1.165) is 51.8 Å². The zero-order valence-corrected chi connectivity index (χ0v) is 27.5. The molecule has 1 heterocycles. The Labute approximate surface area is 291 Å². The first-order chi connectivity index (χ1) is 24.8. The van der Waals surface area contributed by atoms with Crippen molar-refractivity contribution in [2.75, 3.05) is 4.90 Å². The largest absolute Gasteiger partial charge is 0.456 e. The molecule has 0 saturated heterocycles. The predicted octanol–water partition coefficient (Wildman–Crippen LogP) is 13.7. The van der Waals surface area contributed by atoms with Crippen LogP contribution in [0.25, 0.3) is 71.8 Å². The zero-order valence-electron chi connectivity index (χ0n) is 27.5. The molecule has 2 nitrogen and oxygen atoms in total. The molecule has 1 aliphatic rings. The second-order valence-corrected chi connectivity index (χ2v) is 13.2. The molecule has 0 spiro atoms. The fourth-order valence-electron chi connectivity index (χ4n) is 8.02. The van der Waals surface area contributed by atoms with E-state index in [-0.39, 0.29) is 0 Å². The molecule has 2 heteroatoms. The summed E-state index contributed by atoms with van der Waals surface area (Å²) in [4.78, 5) is 2.47. The van der Waals surface area contributed by atoms with Gasteiger partial charge in [-0.05, 0) is 81.6 Å². The Bertz CT molecular complexity index is 2760. The van der Waals surface area contributed by atoms with Crippen LogP contribution in [0.5, 0.6) is 0 Å². The molecule has 236 valence electrons. The maximum atomic E-state index is 6.87. The average molecular weight is 640 g/mol. The summed E-state index contributed by atoms with van der Waals surface area (Å²) < 4.78 is 6.87. The molecule has 1 aromatic heterocycles. The molecule has 9 aromatic rings. The van der Waals surface area contributed by atoms with Crippen LogP contribution < -0.4 is 4.90 Å². The molecule has 50 heavy (non-hydrogen) atoms. The standard InChI is InChI=1S/C48H33NO/c1-2-14-32(15-3-1)35-20-10-21-36(30-35)49(44-28-12-19-34-17-5-7-23-38(34)44)45-31-43-47-41(39-26-11-18-33-16-4-6-22-37(33)39)27-13-29-46(47)50-48(43)42-25-9-8-24-40(42)45/h1-8,10-24,26-31H,9,25H2. The highest BCUT2D eigenvalue weighted by Crippen LogP contribution is 2.49. The Morgan fingerprint density at radius 2 is 1.18 bits per heavy atom. The second kappa shape index (κ2) is 11.6. The molecule has 0 saturated carbocycles. The van der Waals surface area contributed by atoms with E-state index in [1.807, 2.05) is 0 Å². The van der Waals surface area contributed by atoms with Gasteiger partial charge in [-0.3, -0.25) is 0 Å². The molecule has 0 radical (unpaired) electrons. The summed E-state index contributed by atoms with van der Waals surface area (Å²) in [6.45, 7) is 0. The van der Waals surface area contributed by atoms with E-state index in [0.29, 0.717) is 0 Å². The molecule has 0 unspecified atom stereocenters.